The Morgan fingerprint density at radius 2 is 1.85 bits per heavy atom. The minimum absolute atomic E-state index is 0.184. The largest absolute Gasteiger partial charge is 0.497 e. The van der Waals surface area contributed by atoms with Crippen molar-refractivity contribution >= 4 is 22.2 Å². The molecule has 0 unspecified atom stereocenters. The van der Waals surface area contributed by atoms with Gasteiger partial charge in [0.2, 0.25) is 0 Å². The number of halogens is 1. The number of pyridine rings is 1. The summed E-state index contributed by atoms with van der Waals surface area (Å²) >= 11 is 1.76. The summed E-state index contributed by atoms with van der Waals surface area (Å²) < 4.78 is 19.1. The maximum Gasteiger partial charge on any atom is 0.123 e. The molecule has 4 aromatic rings. The van der Waals surface area contributed by atoms with Crippen LogP contribution in [-0.4, -0.2) is 17.1 Å². The number of aromatic nitrogens is 2. The van der Waals surface area contributed by atoms with Gasteiger partial charge in [-0.2, -0.15) is 0 Å². The van der Waals surface area contributed by atoms with Gasteiger partial charge in [-0.15, -0.1) is 11.3 Å². The lowest BCUT2D eigenvalue weighted by molar-refractivity contribution is 0.245. The van der Waals surface area contributed by atoms with Crippen molar-refractivity contribution in [1.29, 1.82) is 0 Å². The molecule has 2 aromatic heterocycles. The Bertz CT molecular complexity index is 1230. The number of benzene rings is 2. The van der Waals surface area contributed by atoms with Crippen molar-refractivity contribution in [3.05, 3.63) is 76.5 Å². The third-order valence-electron chi connectivity index (χ3n) is 7.19. The second-order valence-electron chi connectivity index (χ2n) is 9.21. The van der Waals surface area contributed by atoms with Crippen molar-refractivity contribution in [1.82, 2.24) is 9.97 Å². The number of rotatable bonds is 6. The Labute approximate surface area is 198 Å². The summed E-state index contributed by atoms with van der Waals surface area (Å²) in [7, 11) is 1.68. The number of hydrogen-bond donors (Lipinski definition) is 0. The molecule has 3 nitrogen and oxygen atoms in total. The number of methoxy groups -OCH3 is 1. The monoisotopic (exact) mass is 460 g/mol. The van der Waals surface area contributed by atoms with E-state index in [1.54, 1.807) is 30.6 Å². The van der Waals surface area contributed by atoms with Crippen LogP contribution in [0.15, 0.2) is 60.1 Å². The summed E-state index contributed by atoms with van der Waals surface area (Å²) in [6.07, 6.45) is 7.62. The van der Waals surface area contributed by atoms with Crippen LogP contribution in [0, 0.1) is 17.7 Å². The highest BCUT2D eigenvalue weighted by molar-refractivity contribution is 7.09. The molecule has 170 valence electrons. The van der Waals surface area contributed by atoms with Gasteiger partial charge in [-0.1, -0.05) is 6.92 Å². The molecule has 5 heteroatoms. The maximum absolute atomic E-state index is 13.9. The lowest BCUT2D eigenvalue weighted by Gasteiger charge is -2.32. The van der Waals surface area contributed by atoms with Crippen LogP contribution < -0.4 is 4.74 Å². The zero-order valence-electron chi connectivity index (χ0n) is 19.1. The van der Waals surface area contributed by atoms with Gasteiger partial charge in [0.15, 0.2) is 0 Å². The van der Waals surface area contributed by atoms with Gasteiger partial charge < -0.3 is 4.74 Å². The van der Waals surface area contributed by atoms with E-state index in [4.69, 9.17) is 9.72 Å². The lowest BCUT2D eigenvalue weighted by Crippen LogP contribution is -2.21. The van der Waals surface area contributed by atoms with Crippen LogP contribution in [0.5, 0.6) is 5.75 Å². The minimum atomic E-state index is -0.184. The molecule has 0 N–H and O–H groups in total. The molecule has 2 aromatic carbocycles. The highest BCUT2D eigenvalue weighted by atomic mass is 32.1. The van der Waals surface area contributed by atoms with Gasteiger partial charge in [-0.05, 0) is 97.5 Å². The fraction of sp³-hybridized carbons (Fsp3) is 0.357. The van der Waals surface area contributed by atoms with E-state index >= 15 is 0 Å². The summed E-state index contributed by atoms with van der Waals surface area (Å²) in [5.41, 5.74) is 4.33. The van der Waals surface area contributed by atoms with Gasteiger partial charge in [0.25, 0.3) is 0 Å². The number of fused-ring (bicyclic) bond motifs is 1. The van der Waals surface area contributed by atoms with Gasteiger partial charge in [0.1, 0.15) is 11.6 Å². The molecule has 0 radical (unpaired) electrons. The third kappa shape index (κ3) is 4.79. The SMILES string of the molecule is COc1ccc(-c2csc(C[C@H](C)C3CCC(c4ccnc5ccc(F)cc45)CC3)n2)cc1. The number of thiazole rings is 1. The average Bonchev–Trinajstić information content (AvgIpc) is 3.32. The molecular weight excluding hydrogens is 431 g/mol. The van der Waals surface area contributed by atoms with E-state index in [2.05, 4.69) is 35.5 Å². The first kappa shape index (κ1) is 22.0. The highest BCUT2D eigenvalue weighted by Crippen LogP contribution is 2.41. The van der Waals surface area contributed by atoms with Gasteiger partial charge in [-0.3, -0.25) is 4.98 Å². The van der Waals surface area contributed by atoms with Crippen molar-refractivity contribution in [2.75, 3.05) is 7.11 Å². The minimum Gasteiger partial charge on any atom is -0.497 e. The first-order valence-corrected chi connectivity index (χ1v) is 12.6. The summed E-state index contributed by atoms with van der Waals surface area (Å²) in [6, 6.07) is 15.1. The van der Waals surface area contributed by atoms with Gasteiger partial charge in [-0.25, -0.2) is 9.37 Å². The molecule has 1 atom stereocenters. The van der Waals surface area contributed by atoms with E-state index in [1.165, 1.54) is 29.5 Å². The normalized spacial score (nSPS) is 19.5. The fourth-order valence-electron chi connectivity index (χ4n) is 5.24. The van der Waals surface area contributed by atoms with Crippen LogP contribution in [0.1, 0.15) is 49.1 Å². The van der Waals surface area contributed by atoms with Crippen LogP contribution >= 0.6 is 11.3 Å². The second-order valence-corrected chi connectivity index (χ2v) is 10.2. The Morgan fingerprint density at radius 1 is 1.06 bits per heavy atom. The Balaban J connectivity index is 1.21. The first-order valence-electron chi connectivity index (χ1n) is 11.7. The van der Waals surface area contributed by atoms with Crippen LogP contribution in [0.3, 0.4) is 0 Å². The van der Waals surface area contributed by atoms with E-state index in [0.29, 0.717) is 17.8 Å². The van der Waals surface area contributed by atoms with Crippen molar-refractivity contribution in [3.8, 4) is 17.0 Å². The third-order valence-corrected chi connectivity index (χ3v) is 8.06. The quantitative estimate of drug-likeness (QED) is 0.296. The van der Waals surface area contributed by atoms with Crippen LogP contribution in [0.25, 0.3) is 22.2 Å². The van der Waals surface area contributed by atoms with E-state index in [9.17, 15) is 4.39 Å². The molecule has 0 saturated heterocycles. The Hall–Kier alpha value is -2.79. The number of ether oxygens (including phenoxy) is 1. The first-order chi connectivity index (χ1) is 16.1. The van der Waals surface area contributed by atoms with Crippen molar-refractivity contribution in [3.63, 3.8) is 0 Å². The molecule has 2 heterocycles. The summed E-state index contributed by atoms with van der Waals surface area (Å²) in [5.74, 6) is 2.48. The average molecular weight is 461 g/mol. The highest BCUT2D eigenvalue weighted by Gasteiger charge is 2.27. The molecule has 0 spiro atoms. The fourth-order valence-corrected chi connectivity index (χ4v) is 6.18. The van der Waals surface area contributed by atoms with E-state index in [1.807, 2.05) is 18.3 Å². The molecule has 1 fully saturated rings. The molecule has 1 saturated carbocycles. The molecule has 0 amide bonds. The van der Waals surface area contributed by atoms with E-state index < -0.39 is 0 Å². The smallest absolute Gasteiger partial charge is 0.123 e. The molecule has 0 bridgehead atoms. The van der Waals surface area contributed by atoms with Gasteiger partial charge in [0, 0.05) is 28.9 Å². The van der Waals surface area contributed by atoms with Crippen LogP contribution in [0.4, 0.5) is 4.39 Å². The summed E-state index contributed by atoms with van der Waals surface area (Å²) in [6.45, 7) is 2.37. The van der Waals surface area contributed by atoms with Gasteiger partial charge in [0.05, 0.1) is 23.3 Å². The molecule has 0 aliphatic heterocycles. The van der Waals surface area contributed by atoms with Crippen molar-refractivity contribution in [2.24, 2.45) is 11.8 Å². The topological polar surface area (TPSA) is 35.0 Å². The van der Waals surface area contributed by atoms with E-state index in [0.717, 1.165) is 47.2 Å². The zero-order valence-corrected chi connectivity index (χ0v) is 19.9. The molecule has 1 aliphatic rings. The summed E-state index contributed by atoms with van der Waals surface area (Å²) in [5, 5.41) is 4.35. The predicted molar refractivity (Wildman–Crippen MR) is 133 cm³/mol. The predicted octanol–water partition coefficient (Wildman–Crippen LogP) is 7.66. The molecular formula is C28H29FN2OS. The van der Waals surface area contributed by atoms with Crippen molar-refractivity contribution in [2.45, 2.75) is 44.9 Å². The van der Waals surface area contributed by atoms with Crippen molar-refractivity contribution < 1.29 is 9.13 Å². The Kier molecular flexibility index (Phi) is 6.41. The molecule has 33 heavy (non-hydrogen) atoms. The molecule has 1 aliphatic carbocycles. The molecule has 5 rings (SSSR count). The lowest BCUT2D eigenvalue weighted by atomic mass is 9.73. The van der Waals surface area contributed by atoms with Crippen LogP contribution in [0.2, 0.25) is 0 Å². The standard InChI is InChI=1S/C28H29FN2OS/c1-18(15-28-31-27(17-33-28)21-7-10-23(32-2)11-8-21)19-3-5-20(6-4-19)24-13-14-30-26-12-9-22(29)16-25(24)26/h7-14,16-20H,3-6,15H2,1-2H3/t18-,19?,20?/m0/s1. The number of hydrogen-bond acceptors (Lipinski definition) is 4. The van der Waals surface area contributed by atoms with E-state index in [-0.39, 0.29) is 5.82 Å². The zero-order chi connectivity index (χ0) is 22.8. The van der Waals surface area contributed by atoms with Crippen LogP contribution in [-0.2, 0) is 6.42 Å². The second kappa shape index (κ2) is 9.60. The Morgan fingerprint density at radius 3 is 2.61 bits per heavy atom. The summed E-state index contributed by atoms with van der Waals surface area (Å²) in [4.78, 5) is 9.33. The maximum atomic E-state index is 13.9. The number of nitrogens with zero attached hydrogens (tertiary/aromatic N) is 2. The van der Waals surface area contributed by atoms with Gasteiger partial charge >= 0.3 is 0 Å².